The minimum absolute atomic E-state index is 0.0764. The number of hydrogen-bond acceptors (Lipinski definition) is 15. The molecule has 63 heavy (non-hydrogen) atoms. The van der Waals surface area contributed by atoms with Crippen LogP contribution in [0.1, 0.15) is 170 Å². The van der Waals surface area contributed by atoms with Gasteiger partial charge in [-0.25, -0.2) is 0 Å². The van der Waals surface area contributed by atoms with E-state index in [0.29, 0.717) is 58.0 Å². The number of nitriles is 1. The Morgan fingerprint density at radius 1 is 0.556 bits per heavy atom. The van der Waals surface area contributed by atoms with Crippen molar-refractivity contribution in [1.29, 1.82) is 5.26 Å². The van der Waals surface area contributed by atoms with Crippen molar-refractivity contribution in [1.82, 2.24) is 0 Å². The number of nitrogens with zero attached hydrogens (tertiary/aromatic N) is 1. The van der Waals surface area contributed by atoms with E-state index in [4.69, 9.17) is 46.0 Å². The number of hydrogen-bond donors (Lipinski definition) is 0. The van der Waals surface area contributed by atoms with Crippen LogP contribution in [-0.4, -0.2) is 109 Å². The first kappa shape index (κ1) is 69.6. The maximum atomic E-state index is 11.9. The van der Waals surface area contributed by atoms with Gasteiger partial charge in [-0.15, -0.1) is 0 Å². The molecule has 0 saturated heterocycles. The van der Waals surface area contributed by atoms with Gasteiger partial charge >= 0.3 is 41.5 Å². The summed E-state index contributed by atoms with van der Waals surface area (Å²) in [4.78, 5) is 44.7. The zero-order valence-electron chi connectivity index (χ0n) is 44.1. The molecule has 0 aliphatic heterocycles. The first-order chi connectivity index (χ1) is 29.1. The molecule has 0 radical (unpaired) electrons. The lowest BCUT2D eigenvalue weighted by molar-refractivity contribution is -0.154. The van der Waals surface area contributed by atoms with E-state index in [0.717, 1.165) is 32.1 Å². The predicted molar refractivity (Wildman–Crippen MR) is 254 cm³/mol. The Bertz CT molecular complexity index is 1210. The van der Waals surface area contributed by atoms with Gasteiger partial charge in [0.1, 0.15) is 0 Å². The van der Waals surface area contributed by atoms with Crippen LogP contribution in [0.25, 0.3) is 0 Å². The summed E-state index contributed by atoms with van der Waals surface area (Å²) >= 11 is 0. The second-order valence-corrected chi connectivity index (χ2v) is 23.0. The van der Waals surface area contributed by atoms with Crippen molar-refractivity contribution >= 4 is 41.5 Å². The smallest absolute Gasteiger partial charge is 0.469 e. The van der Waals surface area contributed by atoms with Crippen LogP contribution in [0, 0.1) is 33.0 Å². The second kappa shape index (κ2) is 37.7. The molecule has 0 aromatic heterocycles. The highest BCUT2D eigenvalue weighted by atomic mass is 28.4. The Labute approximate surface area is 387 Å². The van der Waals surface area contributed by atoms with E-state index in [1.165, 1.54) is 14.0 Å². The van der Waals surface area contributed by atoms with Crippen LogP contribution in [0.3, 0.4) is 0 Å². The SMILES string of the molecule is CCC(C)(C)C#N.CCC(C)(C)C(=O)OC.CCC(C)(C)C(=O)OCCC[Si](OC)(OC)OC.CCC(C)OC(C)=O.CCO[Si](CCCOC(=O)C(C)(C)CC)(OCC)OCC. The summed E-state index contributed by atoms with van der Waals surface area (Å²) in [5.41, 5.74) is -1.26. The number of esters is 4. The fourth-order valence-electron chi connectivity index (χ4n) is 4.01. The van der Waals surface area contributed by atoms with Crippen molar-refractivity contribution in [3.63, 3.8) is 0 Å². The fraction of sp³-hybridized carbons (Fsp3) is 0.891. The average molecular weight is 942 g/mol. The molecule has 15 nitrogen and oxygen atoms in total. The van der Waals surface area contributed by atoms with Gasteiger partial charge in [0.2, 0.25) is 0 Å². The molecule has 17 heteroatoms. The third kappa shape index (κ3) is 34.6. The quantitative estimate of drug-likeness (QED) is 0.0345. The van der Waals surface area contributed by atoms with Gasteiger partial charge in [0.15, 0.2) is 0 Å². The minimum Gasteiger partial charge on any atom is -0.469 e. The van der Waals surface area contributed by atoms with E-state index in [1.54, 1.807) is 21.3 Å². The molecule has 1 unspecified atom stereocenters. The second-order valence-electron chi connectivity index (χ2n) is 17.1. The average Bonchev–Trinajstić information content (AvgIpc) is 3.25. The Balaban J connectivity index is -0.000000239. The lowest BCUT2D eigenvalue weighted by Crippen LogP contribution is -2.46. The van der Waals surface area contributed by atoms with Crippen LogP contribution < -0.4 is 0 Å². The molecule has 0 heterocycles. The van der Waals surface area contributed by atoms with E-state index in [-0.39, 0.29) is 40.8 Å². The normalized spacial score (nSPS) is 12.1. The van der Waals surface area contributed by atoms with Gasteiger partial charge in [-0.1, -0.05) is 34.6 Å². The van der Waals surface area contributed by atoms with Crippen molar-refractivity contribution in [2.75, 3.05) is 61.5 Å². The first-order valence-electron chi connectivity index (χ1n) is 22.7. The van der Waals surface area contributed by atoms with Crippen molar-refractivity contribution in [2.45, 2.75) is 188 Å². The summed E-state index contributed by atoms with van der Waals surface area (Å²) in [6, 6.07) is 3.50. The summed E-state index contributed by atoms with van der Waals surface area (Å²) in [5, 5.41) is 8.34. The summed E-state index contributed by atoms with van der Waals surface area (Å²) in [6.45, 7) is 36.6. The predicted octanol–water partition coefficient (Wildman–Crippen LogP) is 10.5. The Hall–Kier alpha value is -2.44. The van der Waals surface area contributed by atoms with E-state index in [2.05, 4.69) is 10.8 Å². The molecule has 0 aromatic carbocycles. The number of rotatable bonds is 26. The topological polar surface area (TPSA) is 184 Å². The molecule has 0 spiro atoms. The molecular weight excluding hydrogens is 847 g/mol. The number of carbonyl (C=O) groups is 4. The summed E-state index contributed by atoms with van der Waals surface area (Å²) in [6.07, 6.45) is 5.61. The van der Waals surface area contributed by atoms with Gasteiger partial charge in [-0.3, -0.25) is 19.2 Å². The molecule has 376 valence electrons. The van der Waals surface area contributed by atoms with Gasteiger partial charge < -0.3 is 45.5 Å². The molecular formula is C46H95NO14Si2. The van der Waals surface area contributed by atoms with Gasteiger partial charge in [0.25, 0.3) is 0 Å². The number of ether oxygens (including phenoxy) is 4. The van der Waals surface area contributed by atoms with Crippen LogP contribution in [-0.2, 0) is 64.7 Å². The zero-order chi connectivity index (χ0) is 50.6. The number of carbonyl (C=O) groups excluding carboxylic acids is 4. The molecule has 0 amide bonds. The molecule has 0 fully saturated rings. The summed E-state index contributed by atoms with van der Waals surface area (Å²) in [7, 11) is 0.993. The lowest BCUT2D eigenvalue weighted by Gasteiger charge is -2.28. The van der Waals surface area contributed by atoms with Crippen LogP contribution >= 0.6 is 0 Å². The van der Waals surface area contributed by atoms with Crippen molar-refractivity contribution < 1.29 is 64.7 Å². The highest BCUT2D eigenvalue weighted by Gasteiger charge is 2.40. The molecule has 0 bridgehead atoms. The van der Waals surface area contributed by atoms with Crippen molar-refractivity contribution in [3.8, 4) is 6.07 Å². The fourth-order valence-corrected chi connectivity index (χ4v) is 8.28. The minimum atomic E-state index is -2.61. The standard InChI is InChI=1S/C15H32O5Si.C12H26O5Si.C7H14O2.C6H11N.C6H12O2/c1-7-15(5,6)14(16)17-12-11-13-21(18-8-2,19-9-3)20-10-4;1-7-12(2,3)11(13)17-9-8-10-18(14-4,15-5)16-6;1-5-7(2,3)6(8)9-4;1-4-6(2,3)5-7;1-4-5(2)8-6(3)7/h7-13H2,1-6H3;7-10H2,1-6H3;5H2,1-4H3;4H2,1-3H3;5H,4H2,1-3H3. The first-order valence-corrected chi connectivity index (χ1v) is 26.5. The van der Waals surface area contributed by atoms with Crippen LogP contribution in [0.5, 0.6) is 0 Å². The van der Waals surface area contributed by atoms with Crippen LogP contribution in [0.2, 0.25) is 12.1 Å². The van der Waals surface area contributed by atoms with E-state index < -0.39 is 28.4 Å². The van der Waals surface area contributed by atoms with E-state index in [1.807, 2.05) is 118 Å². The summed E-state index contributed by atoms with van der Waals surface area (Å²) in [5.74, 6) is -0.643. The largest absolute Gasteiger partial charge is 0.501 e. The Kier molecular flexibility index (Phi) is 41.7. The number of methoxy groups -OCH3 is 1. The highest BCUT2D eigenvalue weighted by molar-refractivity contribution is 6.61. The zero-order valence-corrected chi connectivity index (χ0v) is 46.1. The molecule has 1 atom stereocenters. The molecule has 0 aliphatic rings. The van der Waals surface area contributed by atoms with E-state index >= 15 is 0 Å². The van der Waals surface area contributed by atoms with Gasteiger partial charge in [-0.05, 0) is 128 Å². The van der Waals surface area contributed by atoms with Crippen LogP contribution in [0.4, 0.5) is 0 Å². The Morgan fingerprint density at radius 3 is 1.08 bits per heavy atom. The lowest BCUT2D eigenvalue weighted by atomic mass is 9.91. The molecule has 0 saturated carbocycles. The third-order valence-corrected chi connectivity index (χ3v) is 16.4. The maximum Gasteiger partial charge on any atom is 0.501 e. The van der Waals surface area contributed by atoms with Gasteiger partial charge in [0, 0.05) is 60.2 Å². The molecule has 0 aromatic rings. The summed E-state index contributed by atoms with van der Waals surface area (Å²) < 4.78 is 53.1. The van der Waals surface area contributed by atoms with Gasteiger partial charge in [0.05, 0.1) is 54.2 Å². The third-order valence-electron chi connectivity index (χ3n) is 10.4. The maximum absolute atomic E-state index is 11.9. The van der Waals surface area contributed by atoms with E-state index in [9.17, 15) is 19.2 Å². The highest BCUT2D eigenvalue weighted by Crippen LogP contribution is 2.24. The molecule has 0 aliphatic carbocycles. The Morgan fingerprint density at radius 2 is 0.889 bits per heavy atom. The van der Waals surface area contributed by atoms with Gasteiger partial charge in [-0.2, -0.15) is 5.26 Å². The van der Waals surface area contributed by atoms with Crippen molar-refractivity contribution in [3.05, 3.63) is 0 Å². The molecule has 0 N–H and O–H groups in total. The molecule has 0 rings (SSSR count). The van der Waals surface area contributed by atoms with Crippen LogP contribution in [0.15, 0.2) is 0 Å². The van der Waals surface area contributed by atoms with Crippen molar-refractivity contribution in [2.24, 2.45) is 21.7 Å². The monoisotopic (exact) mass is 942 g/mol.